The Morgan fingerprint density at radius 3 is 2.65 bits per heavy atom. The highest BCUT2D eigenvalue weighted by molar-refractivity contribution is 5.94. The van der Waals surface area contributed by atoms with Crippen molar-refractivity contribution in [2.45, 2.75) is 38.1 Å². The number of ether oxygens (including phenoxy) is 3. The minimum absolute atomic E-state index is 0.134. The van der Waals surface area contributed by atoms with Crippen molar-refractivity contribution in [2.24, 2.45) is 5.92 Å². The first-order chi connectivity index (χ1) is 11.0. The van der Waals surface area contributed by atoms with E-state index in [2.05, 4.69) is 6.58 Å². The Bertz CT molecular complexity index is 602. The zero-order valence-electron chi connectivity index (χ0n) is 13.0. The summed E-state index contributed by atoms with van der Waals surface area (Å²) in [5.74, 6) is -1.38. The molecular formula is C17H20O6. The van der Waals surface area contributed by atoms with Crippen LogP contribution in [0.25, 0.3) is 0 Å². The van der Waals surface area contributed by atoms with Crippen LogP contribution < -0.4 is 0 Å². The molecule has 0 amide bonds. The van der Waals surface area contributed by atoms with Gasteiger partial charge in [0.25, 0.3) is 0 Å². The second kappa shape index (κ2) is 6.29. The first kappa shape index (κ1) is 16.0. The van der Waals surface area contributed by atoms with Gasteiger partial charge in [0.2, 0.25) is 0 Å². The Balaban J connectivity index is 2.00. The molecule has 1 N–H and O–H groups in total. The monoisotopic (exact) mass is 320 g/mol. The first-order valence-electron chi connectivity index (χ1n) is 7.79. The van der Waals surface area contributed by atoms with Crippen LogP contribution in [0.5, 0.6) is 0 Å². The number of carbonyl (C=O) groups is 2. The van der Waals surface area contributed by atoms with Crippen LogP contribution in [0.2, 0.25) is 0 Å². The van der Waals surface area contributed by atoms with Crippen LogP contribution in [0.4, 0.5) is 0 Å². The van der Waals surface area contributed by atoms with Gasteiger partial charge >= 0.3 is 11.9 Å². The van der Waals surface area contributed by atoms with Gasteiger partial charge in [-0.1, -0.05) is 6.58 Å². The van der Waals surface area contributed by atoms with E-state index in [4.69, 9.17) is 14.2 Å². The highest BCUT2D eigenvalue weighted by atomic mass is 16.6. The Kier molecular flexibility index (Phi) is 4.37. The van der Waals surface area contributed by atoms with Gasteiger partial charge in [-0.05, 0) is 37.5 Å². The average Bonchev–Trinajstić information content (AvgIpc) is 3.02. The smallest absolute Gasteiger partial charge is 0.337 e. The van der Waals surface area contributed by atoms with Gasteiger partial charge in [-0.15, -0.1) is 0 Å². The molecule has 6 heteroatoms. The van der Waals surface area contributed by atoms with E-state index in [-0.39, 0.29) is 18.3 Å². The van der Waals surface area contributed by atoms with Crippen molar-refractivity contribution in [2.75, 3.05) is 13.2 Å². The second-order valence-corrected chi connectivity index (χ2v) is 5.88. The van der Waals surface area contributed by atoms with Gasteiger partial charge < -0.3 is 19.3 Å². The van der Waals surface area contributed by atoms with Gasteiger partial charge in [-0.3, -0.25) is 0 Å². The van der Waals surface area contributed by atoms with Gasteiger partial charge in [0, 0.05) is 12.2 Å². The summed E-state index contributed by atoms with van der Waals surface area (Å²) < 4.78 is 16.4. The van der Waals surface area contributed by atoms with E-state index in [0.717, 1.165) is 5.57 Å². The van der Waals surface area contributed by atoms with E-state index < -0.39 is 30.1 Å². The third-order valence-electron chi connectivity index (χ3n) is 4.48. The van der Waals surface area contributed by atoms with Crippen LogP contribution >= 0.6 is 0 Å². The molecular weight excluding hydrogens is 300 g/mol. The van der Waals surface area contributed by atoms with Crippen molar-refractivity contribution in [3.05, 3.63) is 35.5 Å². The van der Waals surface area contributed by atoms with Gasteiger partial charge in [0.15, 0.2) is 0 Å². The zero-order chi connectivity index (χ0) is 16.6. The molecule has 4 unspecified atom stereocenters. The number of carbonyl (C=O) groups excluding carboxylic acids is 2. The summed E-state index contributed by atoms with van der Waals surface area (Å²) in [5.41, 5.74) is 1.51. The maximum Gasteiger partial charge on any atom is 0.337 e. The van der Waals surface area contributed by atoms with Crippen molar-refractivity contribution in [1.82, 2.24) is 0 Å². The number of hydrogen-bond acceptors (Lipinski definition) is 6. The molecule has 2 aliphatic heterocycles. The zero-order valence-corrected chi connectivity index (χ0v) is 13.0. The van der Waals surface area contributed by atoms with Gasteiger partial charge in [-0.25, -0.2) is 9.59 Å². The molecule has 0 aromatic heterocycles. The lowest BCUT2D eigenvalue weighted by Gasteiger charge is -2.21. The number of esters is 2. The summed E-state index contributed by atoms with van der Waals surface area (Å²) in [7, 11) is 0. The highest BCUT2D eigenvalue weighted by Crippen LogP contribution is 2.38. The fourth-order valence-electron chi connectivity index (χ4n) is 3.31. The summed E-state index contributed by atoms with van der Waals surface area (Å²) in [6.45, 7) is 5.97. The minimum atomic E-state index is -0.598. The predicted molar refractivity (Wildman–Crippen MR) is 80.3 cm³/mol. The van der Waals surface area contributed by atoms with Crippen LogP contribution in [-0.4, -0.2) is 48.6 Å². The van der Waals surface area contributed by atoms with E-state index in [1.165, 1.54) is 0 Å². The molecule has 23 heavy (non-hydrogen) atoms. The summed E-state index contributed by atoms with van der Waals surface area (Å²) in [5, 5.41) is 9.55. The van der Waals surface area contributed by atoms with E-state index in [1.807, 2.05) is 6.92 Å². The van der Waals surface area contributed by atoms with Crippen LogP contribution in [0, 0.1) is 5.92 Å². The van der Waals surface area contributed by atoms with Crippen LogP contribution in [0.3, 0.4) is 0 Å². The Morgan fingerprint density at radius 1 is 1.26 bits per heavy atom. The molecule has 124 valence electrons. The van der Waals surface area contributed by atoms with Crippen LogP contribution in [0.1, 0.15) is 19.8 Å². The number of aliphatic hydroxyl groups is 1. The molecule has 0 saturated carbocycles. The number of aliphatic hydroxyl groups excluding tert-OH is 1. The molecule has 0 aromatic carbocycles. The Morgan fingerprint density at radius 2 is 1.96 bits per heavy atom. The number of fused-ring (bicyclic) bond motifs is 3. The summed E-state index contributed by atoms with van der Waals surface area (Å²) in [4.78, 5) is 24.1. The second-order valence-electron chi connectivity index (χ2n) is 5.88. The molecule has 4 atom stereocenters. The third kappa shape index (κ3) is 2.84. The SMILES string of the molecule is C=C1C(=O)OC2C=C(CO)CCC(OCC)C3=CC(OC3=O)C12. The quantitative estimate of drug-likeness (QED) is 0.475. The lowest BCUT2D eigenvalue weighted by molar-refractivity contribution is -0.142. The van der Waals surface area contributed by atoms with Crippen LogP contribution in [0.15, 0.2) is 35.5 Å². The maximum atomic E-state index is 12.2. The van der Waals surface area contributed by atoms with Gasteiger partial charge in [0.05, 0.1) is 24.2 Å². The van der Waals surface area contributed by atoms with E-state index in [0.29, 0.717) is 25.0 Å². The molecule has 2 bridgehead atoms. The fourth-order valence-corrected chi connectivity index (χ4v) is 3.31. The molecule has 1 fully saturated rings. The van der Waals surface area contributed by atoms with Crippen LogP contribution in [-0.2, 0) is 23.8 Å². The fraction of sp³-hybridized carbons (Fsp3) is 0.529. The first-order valence-corrected chi connectivity index (χ1v) is 7.79. The lowest BCUT2D eigenvalue weighted by atomic mass is 9.87. The summed E-state index contributed by atoms with van der Waals surface area (Å²) in [6.07, 6.45) is 3.02. The van der Waals surface area contributed by atoms with Gasteiger partial charge in [0.1, 0.15) is 12.2 Å². The topological polar surface area (TPSA) is 82.1 Å². The standard InChI is InChI=1S/C17H20O6/c1-3-21-12-5-4-10(8-18)6-13-15(9(2)16(19)22-13)14-7-11(12)17(20)23-14/h6-7,12-15,18H,2-5,8H2,1H3. The molecule has 3 aliphatic rings. The van der Waals surface area contributed by atoms with Gasteiger partial charge in [-0.2, -0.15) is 0 Å². The molecule has 0 aromatic rings. The molecule has 2 heterocycles. The largest absolute Gasteiger partial charge is 0.454 e. The summed E-state index contributed by atoms with van der Waals surface area (Å²) in [6, 6.07) is 0. The number of rotatable bonds is 3. The molecule has 1 saturated heterocycles. The maximum absolute atomic E-state index is 12.2. The summed E-state index contributed by atoms with van der Waals surface area (Å²) >= 11 is 0. The highest BCUT2D eigenvalue weighted by Gasteiger charge is 2.47. The van der Waals surface area contributed by atoms with Crippen molar-refractivity contribution >= 4 is 11.9 Å². The van der Waals surface area contributed by atoms with Crippen molar-refractivity contribution in [3.8, 4) is 0 Å². The molecule has 0 spiro atoms. The van der Waals surface area contributed by atoms with E-state index in [9.17, 15) is 14.7 Å². The molecule has 3 rings (SSSR count). The van der Waals surface area contributed by atoms with E-state index in [1.54, 1.807) is 12.2 Å². The normalized spacial score (nSPS) is 33.6. The lowest BCUT2D eigenvalue weighted by Crippen LogP contribution is -2.28. The Labute approximate surface area is 134 Å². The number of hydrogen-bond donors (Lipinski definition) is 1. The van der Waals surface area contributed by atoms with Crippen molar-refractivity contribution in [1.29, 1.82) is 0 Å². The Hall–Kier alpha value is -1.92. The van der Waals surface area contributed by atoms with Crippen molar-refractivity contribution in [3.63, 3.8) is 0 Å². The van der Waals surface area contributed by atoms with E-state index >= 15 is 0 Å². The third-order valence-corrected chi connectivity index (χ3v) is 4.48. The van der Waals surface area contributed by atoms with Crippen molar-refractivity contribution < 1.29 is 28.9 Å². The molecule has 1 aliphatic carbocycles. The average molecular weight is 320 g/mol. The minimum Gasteiger partial charge on any atom is -0.454 e. The predicted octanol–water partition coefficient (Wildman–Crippen LogP) is 1.05. The molecule has 6 nitrogen and oxygen atoms in total. The molecule has 0 radical (unpaired) electrons.